The molecule has 2 saturated heterocycles. The van der Waals surface area contributed by atoms with Crippen LogP contribution in [0.2, 0.25) is 0 Å². The summed E-state index contributed by atoms with van der Waals surface area (Å²) in [5.74, 6) is 0.522. The third kappa shape index (κ3) is 15.9. The largest absolute Gasteiger partial charge is 0.462 e. The van der Waals surface area contributed by atoms with Gasteiger partial charge in [0.05, 0.1) is 6.61 Å². The molecule has 0 atom stereocenters. The van der Waals surface area contributed by atoms with Gasteiger partial charge in [0.15, 0.2) is 0 Å². The van der Waals surface area contributed by atoms with Gasteiger partial charge in [-0.05, 0) is 100 Å². The molecule has 0 aromatic heterocycles. The van der Waals surface area contributed by atoms with Crippen LogP contribution in [0.1, 0.15) is 223 Å². The zero-order valence-corrected chi connectivity index (χ0v) is 35.1. The van der Waals surface area contributed by atoms with E-state index < -0.39 is 0 Å². The van der Waals surface area contributed by atoms with Crippen LogP contribution in [0.5, 0.6) is 0 Å². The van der Waals surface area contributed by atoms with Crippen molar-refractivity contribution < 1.29 is 19.2 Å². The Morgan fingerprint density at radius 1 is 0.540 bits per heavy atom. The van der Waals surface area contributed by atoms with E-state index in [4.69, 9.17) is 9.57 Å². The van der Waals surface area contributed by atoms with Gasteiger partial charge in [-0.1, -0.05) is 104 Å². The lowest BCUT2D eigenvalue weighted by Gasteiger charge is -2.55. The van der Waals surface area contributed by atoms with Crippen LogP contribution in [-0.2, 0) is 19.2 Å². The van der Waals surface area contributed by atoms with Crippen molar-refractivity contribution in [3.05, 3.63) is 0 Å². The lowest BCUT2D eigenvalue weighted by Crippen LogP contribution is -2.62. The van der Waals surface area contributed by atoms with Crippen molar-refractivity contribution in [3.8, 4) is 0 Å². The van der Waals surface area contributed by atoms with Crippen molar-refractivity contribution in [1.82, 2.24) is 9.96 Å². The number of hydrogen-bond donors (Lipinski definition) is 0. The van der Waals surface area contributed by atoms with Crippen LogP contribution in [0, 0.1) is 5.92 Å². The van der Waals surface area contributed by atoms with Crippen molar-refractivity contribution in [2.24, 2.45) is 5.92 Å². The number of hydroxylamine groups is 2. The molecule has 6 heteroatoms. The SMILES string of the molecule is CCCCCCCCON1C(C)(C)CC(C(=O)CCCCCCCCC(=O)OC2CC(C)(C)N(CCCCCCCC)C(C)(C)C2)CC1(C)C. The maximum Gasteiger partial charge on any atom is 0.306 e. The first-order valence-electron chi connectivity index (χ1n) is 21.5. The molecule has 0 spiro atoms. The van der Waals surface area contributed by atoms with E-state index in [2.05, 4.69) is 79.2 Å². The van der Waals surface area contributed by atoms with E-state index in [0.29, 0.717) is 18.6 Å². The number of ketones is 1. The van der Waals surface area contributed by atoms with Crippen LogP contribution in [0.25, 0.3) is 0 Å². The van der Waals surface area contributed by atoms with Crippen LogP contribution < -0.4 is 0 Å². The zero-order valence-electron chi connectivity index (χ0n) is 35.1. The maximum absolute atomic E-state index is 13.3. The summed E-state index contributed by atoms with van der Waals surface area (Å²) in [7, 11) is 0. The highest BCUT2D eigenvalue weighted by atomic mass is 16.7. The van der Waals surface area contributed by atoms with E-state index in [9.17, 15) is 9.59 Å². The normalized spacial score (nSPS) is 21.0. The first-order chi connectivity index (χ1) is 23.6. The number of carbonyl (C=O) groups is 2. The second-order valence-electron chi connectivity index (χ2n) is 18.8. The molecule has 2 rings (SSSR count). The Morgan fingerprint density at radius 3 is 1.50 bits per heavy atom. The van der Waals surface area contributed by atoms with E-state index in [-0.39, 0.29) is 40.1 Å². The summed E-state index contributed by atoms with van der Waals surface area (Å²) < 4.78 is 6.07. The highest BCUT2D eigenvalue weighted by Gasteiger charge is 2.48. The molecule has 294 valence electrons. The molecule has 2 aliphatic rings. The Kier molecular flexibility index (Phi) is 20.1. The van der Waals surface area contributed by atoms with Gasteiger partial charge in [-0.25, -0.2) is 0 Å². The molecule has 0 aromatic carbocycles. The van der Waals surface area contributed by atoms with Crippen molar-refractivity contribution in [2.45, 2.75) is 252 Å². The Morgan fingerprint density at radius 2 is 0.980 bits per heavy atom. The predicted octanol–water partition coefficient (Wildman–Crippen LogP) is 12.2. The molecular formula is C44H84N2O4. The standard InChI is InChI=1S/C44H84N2O4/c1-11-13-15-17-23-27-31-45-41(3,4)35-38(36-42(45,5)6)50-40(48)30-26-22-20-19-21-25-29-39(47)37-33-43(7,8)46(44(9,10)34-37)49-32-28-24-18-16-14-12-2/h37-38H,11-36H2,1-10H3. The average Bonchev–Trinajstić information content (AvgIpc) is 3.00. The Labute approximate surface area is 310 Å². The number of hydrogen-bond acceptors (Lipinski definition) is 6. The van der Waals surface area contributed by atoms with Crippen molar-refractivity contribution in [3.63, 3.8) is 0 Å². The van der Waals surface area contributed by atoms with Gasteiger partial charge in [0, 0.05) is 53.8 Å². The highest BCUT2D eigenvalue weighted by Crippen LogP contribution is 2.43. The van der Waals surface area contributed by atoms with E-state index >= 15 is 0 Å². The molecule has 0 amide bonds. The predicted molar refractivity (Wildman–Crippen MR) is 211 cm³/mol. The minimum absolute atomic E-state index is 0.00635. The lowest BCUT2D eigenvalue weighted by molar-refractivity contribution is -0.286. The van der Waals surface area contributed by atoms with E-state index in [1.54, 1.807) is 0 Å². The summed E-state index contributed by atoms with van der Waals surface area (Å²) in [6.45, 7) is 24.7. The third-order valence-corrected chi connectivity index (χ3v) is 11.8. The van der Waals surface area contributed by atoms with Gasteiger partial charge in [-0.15, -0.1) is 0 Å². The van der Waals surface area contributed by atoms with E-state index in [1.165, 1.54) is 70.6 Å². The molecule has 0 bridgehead atoms. The smallest absolute Gasteiger partial charge is 0.306 e. The fraction of sp³-hybridized carbons (Fsp3) is 0.955. The molecule has 0 aromatic rings. The van der Waals surface area contributed by atoms with Gasteiger partial charge in [0.25, 0.3) is 0 Å². The molecule has 2 aliphatic heterocycles. The molecule has 0 radical (unpaired) electrons. The second-order valence-corrected chi connectivity index (χ2v) is 18.8. The van der Waals surface area contributed by atoms with Crippen LogP contribution in [-0.4, -0.2) is 63.1 Å². The van der Waals surface area contributed by atoms with Gasteiger partial charge in [-0.3, -0.25) is 19.3 Å². The van der Waals surface area contributed by atoms with Crippen molar-refractivity contribution in [2.75, 3.05) is 13.2 Å². The Bertz CT molecular complexity index is 922. The Hall–Kier alpha value is -0.980. The molecule has 2 fully saturated rings. The molecule has 0 saturated carbocycles. The Balaban J connectivity index is 1.60. The summed E-state index contributed by atoms with van der Waals surface area (Å²) in [6.07, 6.45) is 26.5. The zero-order chi connectivity index (χ0) is 37.3. The van der Waals surface area contributed by atoms with Gasteiger partial charge in [-0.2, -0.15) is 5.06 Å². The summed E-state index contributed by atoms with van der Waals surface area (Å²) in [5, 5.41) is 2.22. The summed E-state index contributed by atoms with van der Waals surface area (Å²) in [6, 6.07) is 0. The number of ether oxygens (including phenoxy) is 1. The van der Waals surface area contributed by atoms with E-state index in [1.807, 2.05) is 0 Å². The fourth-order valence-corrected chi connectivity index (χ4v) is 9.57. The van der Waals surface area contributed by atoms with Crippen LogP contribution in [0.4, 0.5) is 0 Å². The minimum Gasteiger partial charge on any atom is -0.462 e. The minimum atomic E-state index is -0.150. The first kappa shape index (κ1) is 45.2. The fourth-order valence-electron chi connectivity index (χ4n) is 9.57. The summed E-state index contributed by atoms with van der Waals surface area (Å²) in [5.41, 5.74) is -0.240. The van der Waals surface area contributed by atoms with Crippen molar-refractivity contribution >= 4 is 11.8 Å². The number of rotatable bonds is 26. The molecule has 2 heterocycles. The first-order valence-corrected chi connectivity index (χ1v) is 21.5. The highest BCUT2D eigenvalue weighted by molar-refractivity contribution is 5.81. The number of nitrogens with zero attached hydrogens (tertiary/aromatic N) is 2. The lowest BCUT2D eigenvalue weighted by atomic mass is 9.73. The number of likely N-dealkylation sites (tertiary alicyclic amines) is 1. The monoisotopic (exact) mass is 705 g/mol. The van der Waals surface area contributed by atoms with Gasteiger partial charge in [0.2, 0.25) is 0 Å². The topological polar surface area (TPSA) is 59.1 Å². The second kappa shape index (κ2) is 22.3. The van der Waals surface area contributed by atoms with Gasteiger partial charge < -0.3 is 4.74 Å². The van der Waals surface area contributed by atoms with E-state index in [0.717, 1.165) is 83.8 Å². The third-order valence-electron chi connectivity index (χ3n) is 11.8. The maximum atomic E-state index is 13.3. The number of piperidine rings is 2. The molecule has 50 heavy (non-hydrogen) atoms. The quantitative estimate of drug-likeness (QED) is 0.0660. The average molecular weight is 705 g/mol. The van der Waals surface area contributed by atoms with Crippen LogP contribution in [0.3, 0.4) is 0 Å². The molecule has 6 nitrogen and oxygen atoms in total. The number of esters is 1. The number of carbonyl (C=O) groups excluding carboxylic acids is 2. The van der Waals surface area contributed by atoms with Gasteiger partial charge in [0.1, 0.15) is 11.9 Å². The molecule has 0 aliphatic carbocycles. The number of unbranched alkanes of at least 4 members (excludes halogenated alkanes) is 15. The molecule has 0 N–H and O–H groups in total. The summed E-state index contributed by atoms with van der Waals surface area (Å²) in [4.78, 5) is 35.2. The van der Waals surface area contributed by atoms with Crippen LogP contribution >= 0.6 is 0 Å². The molecule has 0 unspecified atom stereocenters. The van der Waals surface area contributed by atoms with Gasteiger partial charge >= 0.3 is 5.97 Å². The molecular weight excluding hydrogens is 620 g/mol. The summed E-state index contributed by atoms with van der Waals surface area (Å²) >= 11 is 0. The number of Topliss-reactive ketones (excluding diaryl/α,β-unsaturated/α-hetero) is 1. The van der Waals surface area contributed by atoms with Crippen molar-refractivity contribution in [1.29, 1.82) is 0 Å². The van der Waals surface area contributed by atoms with Crippen LogP contribution in [0.15, 0.2) is 0 Å².